The summed E-state index contributed by atoms with van der Waals surface area (Å²) in [6.07, 6.45) is 5.46. The van der Waals surface area contributed by atoms with Crippen LogP contribution in [-0.2, 0) is 0 Å². The van der Waals surface area contributed by atoms with Gasteiger partial charge in [-0.25, -0.2) is 0 Å². The third kappa shape index (κ3) is 2.42. The van der Waals surface area contributed by atoms with Gasteiger partial charge in [0.1, 0.15) is 0 Å². The third-order valence-electron chi connectivity index (χ3n) is 3.76. The van der Waals surface area contributed by atoms with Crippen molar-refractivity contribution in [2.75, 3.05) is 14.1 Å². The molecule has 0 saturated heterocycles. The van der Waals surface area contributed by atoms with Crippen LogP contribution in [0.5, 0.6) is 0 Å². The summed E-state index contributed by atoms with van der Waals surface area (Å²) in [4.78, 5) is 15.6. The van der Waals surface area contributed by atoms with E-state index in [1.165, 1.54) is 17.8 Å². The maximum absolute atomic E-state index is 12.7. The molecule has 0 spiro atoms. The molecule has 0 aliphatic heterocycles. The summed E-state index contributed by atoms with van der Waals surface area (Å²) in [7, 11) is 4.02. The lowest BCUT2D eigenvalue weighted by Gasteiger charge is -2.41. The van der Waals surface area contributed by atoms with E-state index < -0.39 is 0 Å². The summed E-state index contributed by atoms with van der Waals surface area (Å²) in [6.45, 7) is 0. The number of Topliss-reactive ketones (excluding diaryl/α,β-unsaturated/α-hetero) is 1. The van der Waals surface area contributed by atoms with Crippen molar-refractivity contribution in [2.24, 2.45) is 0 Å². The second-order valence-electron chi connectivity index (χ2n) is 4.92. The fourth-order valence-electron chi connectivity index (χ4n) is 2.68. The Bertz CT molecular complexity index is 407. The average molecular weight is 272 g/mol. The molecular weight excluding hydrogens is 254 g/mol. The summed E-state index contributed by atoms with van der Waals surface area (Å²) < 4.78 is 0.693. The molecule has 1 aromatic heterocycles. The molecule has 1 aliphatic rings. The first-order chi connectivity index (χ1) is 8.06. The number of ketones is 1. The molecule has 0 unspecified atom stereocenters. The number of halogens is 1. The number of hydrogen-bond acceptors (Lipinski definition) is 3. The highest BCUT2D eigenvalue weighted by Gasteiger charge is 2.42. The van der Waals surface area contributed by atoms with Gasteiger partial charge < -0.3 is 0 Å². The second-order valence-corrected chi connectivity index (χ2v) is 6.63. The zero-order valence-corrected chi connectivity index (χ0v) is 11.9. The highest BCUT2D eigenvalue weighted by Crippen LogP contribution is 2.37. The van der Waals surface area contributed by atoms with E-state index in [-0.39, 0.29) is 11.3 Å². The van der Waals surface area contributed by atoms with Crippen molar-refractivity contribution < 1.29 is 4.79 Å². The Morgan fingerprint density at radius 2 is 1.94 bits per heavy atom. The van der Waals surface area contributed by atoms with E-state index in [4.69, 9.17) is 11.6 Å². The van der Waals surface area contributed by atoms with E-state index in [1.54, 1.807) is 0 Å². The molecule has 4 heteroatoms. The van der Waals surface area contributed by atoms with Crippen molar-refractivity contribution in [2.45, 2.75) is 37.6 Å². The zero-order chi connectivity index (χ0) is 12.5. The molecule has 1 aliphatic carbocycles. The lowest BCUT2D eigenvalue weighted by molar-refractivity contribution is 0.0568. The molecule has 1 saturated carbocycles. The molecule has 0 N–H and O–H groups in total. The van der Waals surface area contributed by atoms with Crippen molar-refractivity contribution in [3.63, 3.8) is 0 Å². The predicted molar refractivity (Wildman–Crippen MR) is 73.2 cm³/mol. The minimum Gasteiger partial charge on any atom is -0.297 e. The van der Waals surface area contributed by atoms with Crippen LogP contribution in [0.25, 0.3) is 0 Å². The first kappa shape index (κ1) is 13.1. The number of carbonyl (C=O) groups excluding carboxylic acids is 1. The smallest absolute Gasteiger partial charge is 0.192 e. The van der Waals surface area contributed by atoms with E-state index in [0.29, 0.717) is 4.34 Å². The van der Waals surface area contributed by atoms with Gasteiger partial charge in [0.2, 0.25) is 0 Å². The highest BCUT2D eigenvalue weighted by molar-refractivity contribution is 7.18. The van der Waals surface area contributed by atoms with Crippen molar-refractivity contribution in [1.82, 2.24) is 4.90 Å². The van der Waals surface area contributed by atoms with Crippen molar-refractivity contribution in [3.05, 3.63) is 21.3 Å². The van der Waals surface area contributed by atoms with Crippen LogP contribution in [0.3, 0.4) is 0 Å². The van der Waals surface area contributed by atoms with Gasteiger partial charge >= 0.3 is 0 Å². The first-order valence-corrected chi connectivity index (χ1v) is 7.23. The summed E-state index contributed by atoms with van der Waals surface area (Å²) in [5.41, 5.74) is -0.299. The fraction of sp³-hybridized carbons (Fsp3) is 0.615. The number of likely N-dealkylation sites (N-methyl/N-ethyl adjacent to an activating group) is 1. The van der Waals surface area contributed by atoms with E-state index in [0.717, 1.165) is 30.6 Å². The largest absolute Gasteiger partial charge is 0.297 e. The predicted octanol–water partition coefficient (Wildman–Crippen LogP) is 3.85. The Morgan fingerprint density at radius 3 is 2.41 bits per heavy atom. The topological polar surface area (TPSA) is 20.3 Å². The Kier molecular flexibility index (Phi) is 3.91. The van der Waals surface area contributed by atoms with Crippen LogP contribution in [0, 0.1) is 0 Å². The molecular formula is C13H18ClNOS. The van der Waals surface area contributed by atoms with Crippen LogP contribution in [-0.4, -0.2) is 30.3 Å². The SMILES string of the molecule is CN(C)C1(C(=O)c2ccc(Cl)s2)CCCCC1. The van der Waals surface area contributed by atoms with E-state index in [2.05, 4.69) is 4.90 Å². The Hall–Kier alpha value is -0.380. The van der Waals surface area contributed by atoms with Crippen LogP contribution in [0.4, 0.5) is 0 Å². The summed E-state index contributed by atoms with van der Waals surface area (Å²) >= 11 is 7.32. The standard InChI is InChI=1S/C13H18ClNOS/c1-15(2)13(8-4-3-5-9-13)12(16)10-6-7-11(14)17-10/h6-7H,3-5,8-9H2,1-2H3. The number of hydrogen-bond donors (Lipinski definition) is 0. The van der Waals surface area contributed by atoms with Gasteiger partial charge in [-0.05, 0) is 39.1 Å². The van der Waals surface area contributed by atoms with Gasteiger partial charge in [0.05, 0.1) is 14.8 Å². The van der Waals surface area contributed by atoms with Gasteiger partial charge in [-0.3, -0.25) is 9.69 Å². The third-order valence-corrected chi connectivity index (χ3v) is 4.99. The summed E-state index contributed by atoms with van der Waals surface area (Å²) in [5, 5.41) is 0. The van der Waals surface area contributed by atoms with Gasteiger partial charge in [0, 0.05) is 0 Å². The minimum absolute atomic E-state index is 0.249. The summed E-state index contributed by atoms with van der Waals surface area (Å²) in [5.74, 6) is 0.249. The summed E-state index contributed by atoms with van der Waals surface area (Å²) in [6, 6.07) is 3.67. The van der Waals surface area contributed by atoms with E-state index >= 15 is 0 Å². The first-order valence-electron chi connectivity index (χ1n) is 6.04. The van der Waals surface area contributed by atoms with Crippen molar-refractivity contribution in [3.8, 4) is 0 Å². The monoisotopic (exact) mass is 271 g/mol. The second kappa shape index (κ2) is 5.09. The van der Waals surface area contributed by atoms with Gasteiger partial charge in [0.15, 0.2) is 5.78 Å². The van der Waals surface area contributed by atoms with Crippen LogP contribution >= 0.6 is 22.9 Å². The number of carbonyl (C=O) groups is 1. The molecule has 0 radical (unpaired) electrons. The molecule has 0 bridgehead atoms. The molecule has 2 rings (SSSR count). The van der Waals surface area contributed by atoms with E-state index in [1.807, 2.05) is 26.2 Å². The molecule has 2 nitrogen and oxygen atoms in total. The van der Waals surface area contributed by atoms with Gasteiger partial charge in [-0.1, -0.05) is 30.9 Å². The Morgan fingerprint density at radius 1 is 1.29 bits per heavy atom. The normalized spacial score (nSPS) is 19.5. The van der Waals surface area contributed by atoms with Crippen LogP contribution in [0.2, 0.25) is 4.34 Å². The average Bonchev–Trinajstić information content (AvgIpc) is 2.75. The van der Waals surface area contributed by atoms with Crippen LogP contribution in [0.15, 0.2) is 12.1 Å². The molecule has 1 fully saturated rings. The maximum atomic E-state index is 12.7. The Balaban J connectivity index is 2.30. The van der Waals surface area contributed by atoms with Crippen LogP contribution in [0.1, 0.15) is 41.8 Å². The fourth-order valence-corrected chi connectivity index (χ4v) is 3.76. The van der Waals surface area contributed by atoms with Gasteiger partial charge in [-0.15, -0.1) is 11.3 Å². The number of nitrogens with zero attached hydrogens (tertiary/aromatic N) is 1. The van der Waals surface area contributed by atoms with Gasteiger partial charge in [-0.2, -0.15) is 0 Å². The molecule has 0 aromatic carbocycles. The molecule has 0 atom stereocenters. The Labute approximate surface area is 112 Å². The van der Waals surface area contributed by atoms with Crippen molar-refractivity contribution in [1.29, 1.82) is 0 Å². The minimum atomic E-state index is -0.299. The molecule has 1 heterocycles. The highest BCUT2D eigenvalue weighted by atomic mass is 35.5. The molecule has 0 amide bonds. The number of thiophene rings is 1. The number of rotatable bonds is 3. The molecule has 17 heavy (non-hydrogen) atoms. The van der Waals surface area contributed by atoms with Crippen molar-refractivity contribution >= 4 is 28.7 Å². The molecule has 94 valence electrons. The quantitative estimate of drug-likeness (QED) is 0.779. The van der Waals surface area contributed by atoms with Crippen LogP contribution < -0.4 is 0 Å². The van der Waals surface area contributed by atoms with Gasteiger partial charge in [0.25, 0.3) is 0 Å². The lowest BCUT2D eigenvalue weighted by Crippen LogP contribution is -2.52. The van der Waals surface area contributed by atoms with E-state index in [9.17, 15) is 4.79 Å². The zero-order valence-electron chi connectivity index (χ0n) is 10.3. The molecule has 1 aromatic rings. The lowest BCUT2D eigenvalue weighted by atomic mass is 9.77. The maximum Gasteiger partial charge on any atom is 0.192 e.